The highest BCUT2D eigenvalue weighted by molar-refractivity contribution is 7.67. The summed E-state index contributed by atoms with van der Waals surface area (Å²) in [6.45, 7) is 11.6. The standard InChI is InChI=1S/C14H32B30O2Si4/c1-30-41(26)13(39(22)23,43(28)34-16)49(6,7)46-48(4,5)11-32-42(27)14(40(24)25,44(29)35-17)50(8,9)45-47(2,3)10-31-37(20)12(36(18)19)38(21)33-15/h12H,10-11H2,1-9H3. The van der Waals surface area contributed by atoms with Crippen LogP contribution in [-0.2, 0) is 8.23 Å². The summed E-state index contributed by atoms with van der Waals surface area (Å²) in [6, 6.07) is 0. The predicted octanol–water partition coefficient (Wildman–Crippen LogP) is -6.14. The van der Waals surface area contributed by atoms with E-state index in [0.717, 1.165) is 0 Å². The quantitative estimate of drug-likeness (QED) is 0.0903. The van der Waals surface area contributed by atoms with Crippen LogP contribution in [0.3, 0.4) is 0 Å². The minimum atomic E-state index is -3.05. The molecule has 206 valence electrons. The average molecular weight is 669 g/mol. The summed E-state index contributed by atoms with van der Waals surface area (Å²) in [7, 11) is 94.4. The Labute approximate surface area is 342 Å². The van der Waals surface area contributed by atoms with E-state index in [0.29, 0.717) is 11.9 Å². The molecule has 0 aliphatic carbocycles. The summed E-state index contributed by atoms with van der Waals surface area (Å²) >= 11 is 0. The number of hydrogen-bond donors (Lipinski definition) is 0. The molecule has 0 saturated carbocycles. The Balaban J connectivity index is 6.54. The van der Waals surface area contributed by atoms with Gasteiger partial charge in [0, 0.05) is 196 Å². The smallest absolute Gasteiger partial charge is 0.165 e. The van der Waals surface area contributed by atoms with E-state index in [-0.39, 0.29) is 0 Å². The van der Waals surface area contributed by atoms with Gasteiger partial charge in [-0.1, -0.05) is 11.9 Å². The van der Waals surface area contributed by atoms with Crippen molar-refractivity contribution in [2.75, 3.05) is 0 Å². The average Bonchev–Trinajstić information content (AvgIpc) is 2.97. The van der Waals surface area contributed by atoms with Crippen molar-refractivity contribution in [3.8, 4) is 0 Å². The molecule has 3 atom stereocenters. The van der Waals surface area contributed by atoms with E-state index in [1.165, 1.54) is 21.2 Å². The zero-order chi connectivity index (χ0) is 39.8. The van der Waals surface area contributed by atoms with Gasteiger partial charge in [-0.2, -0.15) is 0 Å². The van der Waals surface area contributed by atoms with Crippen molar-refractivity contribution in [2.45, 2.75) is 86.2 Å². The van der Waals surface area contributed by atoms with E-state index < -0.39 is 107 Å². The van der Waals surface area contributed by atoms with Crippen molar-refractivity contribution in [3.63, 3.8) is 0 Å². The first-order valence-corrected chi connectivity index (χ1v) is 29.2. The lowest BCUT2D eigenvalue weighted by Gasteiger charge is -2.59. The van der Waals surface area contributed by atoms with E-state index in [4.69, 9.17) is 124 Å². The molecule has 2 nitrogen and oxygen atoms in total. The van der Waals surface area contributed by atoms with Crippen molar-refractivity contribution in [1.82, 2.24) is 0 Å². The zero-order valence-corrected chi connectivity index (χ0v) is 36.1. The van der Waals surface area contributed by atoms with Gasteiger partial charge < -0.3 is 8.23 Å². The SMILES string of the molecule is [B][B]B([B])C(B([B])[B])B([B])[B]C[Si](C)(C)O[Si](C)(C)C(B([B])[B])(B([B])[B][B])B([B])[B]C[Si](C)(C)O[Si](C)(C)C(B([B])[B])(B([B])[B][B])B([B])[B]C. The van der Waals surface area contributed by atoms with Gasteiger partial charge >= 0.3 is 0 Å². The van der Waals surface area contributed by atoms with E-state index >= 15 is 0 Å². The van der Waals surface area contributed by atoms with E-state index in [9.17, 15) is 0 Å². The van der Waals surface area contributed by atoms with E-state index in [1.54, 1.807) is 0 Å². The summed E-state index contributed by atoms with van der Waals surface area (Å²) in [5.74, 6) is 1.03. The van der Waals surface area contributed by atoms with Crippen LogP contribution >= 0.6 is 0 Å². The third-order valence-electron chi connectivity index (χ3n) is 10.5. The van der Waals surface area contributed by atoms with Crippen molar-refractivity contribution in [3.05, 3.63) is 0 Å². The molecule has 0 saturated heterocycles. The fourth-order valence-corrected chi connectivity index (χ4v) is 28.1. The Morgan fingerprint density at radius 3 is 1.18 bits per heavy atom. The monoisotopic (exact) mass is 674 g/mol. The third kappa shape index (κ3) is 12.4. The van der Waals surface area contributed by atoms with Crippen LogP contribution in [0.15, 0.2) is 0 Å². The van der Waals surface area contributed by atoms with Crippen LogP contribution in [0.5, 0.6) is 0 Å². The van der Waals surface area contributed by atoms with Crippen LogP contribution < -0.4 is 0 Å². The van der Waals surface area contributed by atoms with Crippen molar-refractivity contribution >= 4 is 250 Å². The van der Waals surface area contributed by atoms with Gasteiger partial charge in [0.2, 0.25) is 0 Å². The fraction of sp³-hybridized carbons (Fsp3) is 1.00. The molecular weight excluding hydrogens is 637 g/mol. The molecule has 0 spiro atoms. The first-order valence-electron chi connectivity index (χ1n) is 17.1. The molecule has 36 heteroatoms. The molecule has 3 unspecified atom stereocenters. The van der Waals surface area contributed by atoms with E-state index in [1.807, 2.05) is 54.5 Å². The molecule has 0 amide bonds. The predicted molar refractivity (Wildman–Crippen MR) is 269 cm³/mol. The Bertz CT molecular complexity index is 987. The van der Waals surface area contributed by atoms with Gasteiger partial charge in [-0.3, -0.25) is 0 Å². The topological polar surface area (TPSA) is 18.5 Å². The lowest BCUT2D eigenvalue weighted by atomic mass is 8.79. The van der Waals surface area contributed by atoms with Crippen molar-refractivity contribution < 1.29 is 8.23 Å². The minimum absolute atomic E-state index is 0.469. The number of hydrogen-bond acceptors (Lipinski definition) is 2. The molecule has 0 aromatic heterocycles. The molecule has 0 aromatic carbocycles. The summed E-state index contributed by atoms with van der Waals surface area (Å²) in [4.78, 5) is 0. The van der Waals surface area contributed by atoms with Crippen LogP contribution in [0.2, 0.25) is 86.2 Å². The van der Waals surface area contributed by atoms with Gasteiger partial charge in [0.1, 0.15) is 0 Å². The maximum Gasteiger partial charge on any atom is 0.165 e. The van der Waals surface area contributed by atoms with Crippen LogP contribution in [0, 0.1) is 0 Å². The zero-order valence-electron chi connectivity index (χ0n) is 32.1. The Kier molecular flexibility index (Phi) is 22.7. The largest absolute Gasteiger partial charge is 0.457 e. The normalized spacial score (nSPS) is 15.1. The molecule has 36 radical (unpaired) electrons. The lowest BCUT2D eigenvalue weighted by molar-refractivity contribution is 0.543. The molecule has 0 bridgehead atoms. The second-order valence-electron chi connectivity index (χ2n) is 15.9. The molecule has 0 aromatic rings. The molecule has 50 heavy (non-hydrogen) atoms. The maximum absolute atomic E-state index is 7.11. The van der Waals surface area contributed by atoms with Gasteiger partial charge in [0.25, 0.3) is 0 Å². The molecule has 0 N–H and O–H groups in total. The van der Waals surface area contributed by atoms with Crippen LogP contribution in [0.1, 0.15) is 0 Å². The van der Waals surface area contributed by atoms with Gasteiger partial charge in [-0.25, -0.2) is 0 Å². The molecule has 0 rings (SSSR count). The molecule has 0 fully saturated rings. The Hall–Kier alpha value is 2.74. The van der Waals surface area contributed by atoms with Crippen LogP contribution in [-0.4, -0.2) is 250 Å². The molecular formula is C14H32B30O2Si4. The number of rotatable bonds is 25. The highest BCUT2D eigenvalue weighted by atomic mass is 28.4. The van der Waals surface area contributed by atoms with Crippen molar-refractivity contribution in [2.24, 2.45) is 0 Å². The first-order chi connectivity index (χ1) is 22.6. The van der Waals surface area contributed by atoms with Gasteiger partial charge in [0.05, 0.1) is 21.5 Å². The van der Waals surface area contributed by atoms with E-state index in [2.05, 4.69) is 26.2 Å². The summed E-state index contributed by atoms with van der Waals surface area (Å²) in [5.41, 5.74) is -0.469. The second-order valence-corrected chi connectivity index (χ2v) is 33.1. The highest BCUT2D eigenvalue weighted by Gasteiger charge is 2.59. The van der Waals surface area contributed by atoms with Gasteiger partial charge in [-0.15, -0.1) is 21.9 Å². The summed E-state index contributed by atoms with van der Waals surface area (Å²) < 4.78 is 12.0. The second kappa shape index (κ2) is 21.5. The molecule has 0 aliphatic heterocycles. The fourth-order valence-electron chi connectivity index (χ4n) is 8.06. The van der Waals surface area contributed by atoms with Gasteiger partial charge in [0.15, 0.2) is 33.3 Å². The highest BCUT2D eigenvalue weighted by Crippen LogP contribution is 2.46. The summed E-state index contributed by atoms with van der Waals surface area (Å²) in [6.07, 6.45) is 0. The molecule has 0 aliphatic rings. The third-order valence-corrected chi connectivity index (χ3v) is 27.6. The molecule has 0 heterocycles. The Morgan fingerprint density at radius 2 is 0.880 bits per heavy atom. The van der Waals surface area contributed by atoms with Gasteiger partial charge in [-0.05, 0) is 52.4 Å². The first kappa shape index (κ1) is 52.7. The van der Waals surface area contributed by atoms with Crippen LogP contribution in [0.25, 0.3) is 0 Å². The Morgan fingerprint density at radius 1 is 0.520 bits per heavy atom. The lowest BCUT2D eigenvalue weighted by Crippen LogP contribution is -2.74. The summed E-state index contributed by atoms with van der Waals surface area (Å²) in [5, 5.41) is 0. The maximum atomic E-state index is 7.11. The minimum Gasteiger partial charge on any atom is -0.457 e. The van der Waals surface area contributed by atoms with Crippen molar-refractivity contribution in [1.29, 1.82) is 0 Å². The van der Waals surface area contributed by atoms with Crippen LogP contribution in [0.4, 0.5) is 0 Å².